The van der Waals surface area contributed by atoms with Gasteiger partial charge in [0.25, 0.3) is 5.56 Å². The summed E-state index contributed by atoms with van der Waals surface area (Å²) in [5, 5.41) is 14.3. The summed E-state index contributed by atoms with van der Waals surface area (Å²) >= 11 is 7.24. The standard InChI is InChI=1S/C20H26ClN3O3S/c1-12-5-3-4-6-16(12)22-18(26)11-28-20-23-17-9-14(21)7-8-15(17)19(27)24(20)10-13(2)25/h7-9,12-13,16,25H,3-6,10-11H2,1-2H3,(H,22,26)/t12-,13-,16+/m1/s1. The van der Waals surface area contributed by atoms with Gasteiger partial charge in [0, 0.05) is 11.1 Å². The Labute approximate surface area is 173 Å². The van der Waals surface area contributed by atoms with Crippen molar-refractivity contribution in [3.63, 3.8) is 0 Å². The molecule has 0 saturated heterocycles. The number of hydrogen-bond acceptors (Lipinski definition) is 5. The minimum absolute atomic E-state index is 0.0622. The summed E-state index contributed by atoms with van der Waals surface area (Å²) in [7, 11) is 0. The van der Waals surface area contributed by atoms with E-state index in [1.54, 1.807) is 25.1 Å². The van der Waals surface area contributed by atoms with E-state index in [2.05, 4.69) is 17.2 Å². The third-order valence-electron chi connectivity index (χ3n) is 5.12. The second-order valence-corrected chi connectivity index (χ2v) is 8.92. The highest BCUT2D eigenvalue weighted by atomic mass is 35.5. The van der Waals surface area contributed by atoms with E-state index in [-0.39, 0.29) is 29.8 Å². The second kappa shape index (κ2) is 9.29. The van der Waals surface area contributed by atoms with Gasteiger partial charge in [0.1, 0.15) is 0 Å². The van der Waals surface area contributed by atoms with Crippen molar-refractivity contribution < 1.29 is 9.90 Å². The first kappa shape index (κ1) is 21.1. The molecule has 0 aliphatic heterocycles. The van der Waals surface area contributed by atoms with Gasteiger partial charge >= 0.3 is 0 Å². The molecular weight excluding hydrogens is 398 g/mol. The lowest BCUT2D eigenvalue weighted by Gasteiger charge is -2.29. The maximum absolute atomic E-state index is 12.9. The molecule has 1 aromatic carbocycles. The largest absolute Gasteiger partial charge is 0.392 e. The molecule has 3 rings (SSSR count). The highest BCUT2D eigenvalue weighted by Gasteiger charge is 2.23. The van der Waals surface area contributed by atoms with Gasteiger partial charge in [0.2, 0.25) is 5.91 Å². The minimum atomic E-state index is -0.708. The van der Waals surface area contributed by atoms with Crippen LogP contribution in [0.2, 0.25) is 5.02 Å². The first-order chi connectivity index (χ1) is 13.3. The number of nitrogens with one attached hydrogen (secondary N) is 1. The van der Waals surface area contributed by atoms with Gasteiger partial charge in [-0.25, -0.2) is 4.98 Å². The van der Waals surface area contributed by atoms with Gasteiger partial charge in [-0.05, 0) is 43.9 Å². The van der Waals surface area contributed by atoms with Crippen molar-refractivity contribution in [2.45, 2.75) is 63.4 Å². The normalized spacial score (nSPS) is 20.9. The predicted octanol–water partition coefficient (Wildman–Crippen LogP) is 3.22. The van der Waals surface area contributed by atoms with E-state index in [9.17, 15) is 14.7 Å². The summed E-state index contributed by atoms with van der Waals surface area (Å²) in [6.07, 6.45) is 3.80. The van der Waals surface area contributed by atoms with Crippen LogP contribution in [-0.2, 0) is 11.3 Å². The van der Waals surface area contributed by atoms with E-state index < -0.39 is 6.10 Å². The van der Waals surface area contributed by atoms with Crippen LogP contribution in [0.1, 0.15) is 39.5 Å². The molecule has 1 aromatic heterocycles. The number of aliphatic hydroxyl groups excluding tert-OH is 1. The lowest BCUT2D eigenvalue weighted by Crippen LogP contribution is -2.42. The molecule has 28 heavy (non-hydrogen) atoms. The Morgan fingerprint density at radius 2 is 2.18 bits per heavy atom. The Bertz CT molecular complexity index is 915. The van der Waals surface area contributed by atoms with E-state index in [1.807, 2.05) is 0 Å². The molecule has 2 N–H and O–H groups in total. The number of thioether (sulfide) groups is 1. The summed E-state index contributed by atoms with van der Waals surface area (Å²) in [6.45, 7) is 3.91. The smallest absolute Gasteiger partial charge is 0.262 e. The molecule has 2 aromatic rings. The Morgan fingerprint density at radius 1 is 1.43 bits per heavy atom. The van der Waals surface area contributed by atoms with Crippen molar-refractivity contribution in [2.24, 2.45) is 5.92 Å². The molecule has 0 spiro atoms. The number of fused-ring (bicyclic) bond motifs is 1. The number of carbonyl (C=O) groups is 1. The fourth-order valence-electron chi connectivity index (χ4n) is 3.62. The van der Waals surface area contributed by atoms with Gasteiger partial charge in [-0.1, -0.05) is 43.1 Å². The van der Waals surface area contributed by atoms with Crippen LogP contribution in [0.15, 0.2) is 28.2 Å². The summed E-state index contributed by atoms with van der Waals surface area (Å²) < 4.78 is 1.43. The molecule has 6 nitrogen and oxygen atoms in total. The van der Waals surface area contributed by atoms with Crippen LogP contribution in [0.4, 0.5) is 0 Å². The number of amides is 1. The number of benzene rings is 1. The summed E-state index contributed by atoms with van der Waals surface area (Å²) in [5.74, 6) is 0.589. The number of aliphatic hydroxyl groups is 1. The third kappa shape index (κ3) is 5.07. The first-order valence-electron chi connectivity index (χ1n) is 9.65. The van der Waals surface area contributed by atoms with E-state index in [0.717, 1.165) is 19.3 Å². The lowest BCUT2D eigenvalue weighted by atomic mass is 9.86. The molecule has 0 radical (unpaired) electrons. The van der Waals surface area contributed by atoms with Gasteiger partial charge in [0.05, 0.1) is 29.3 Å². The van der Waals surface area contributed by atoms with Crippen LogP contribution in [0.3, 0.4) is 0 Å². The minimum Gasteiger partial charge on any atom is -0.392 e. The number of hydrogen-bond donors (Lipinski definition) is 2. The molecule has 0 unspecified atom stereocenters. The third-order valence-corrected chi connectivity index (χ3v) is 6.33. The van der Waals surface area contributed by atoms with E-state index in [4.69, 9.17) is 11.6 Å². The summed E-state index contributed by atoms with van der Waals surface area (Å²) in [5.41, 5.74) is 0.245. The Morgan fingerprint density at radius 3 is 2.89 bits per heavy atom. The van der Waals surface area contributed by atoms with Crippen LogP contribution in [-0.4, -0.2) is 38.5 Å². The van der Waals surface area contributed by atoms with E-state index in [1.165, 1.54) is 22.7 Å². The molecule has 0 bridgehead atoms. The van der Waals surface area contributed by atoms with Crippen LogP contribution >= 0.6 is 23.4 Å². The fraction of sp³-hybridized carbons (Fsp3) is 0.550. The van der Waals surface area contributed by atoms with Crippen LogP contribution < -0.4 is 10.9 Å². The molecule has 1 aliphatic rings. The van der Waals surface area contributed by atoms with Crippen molar-refractivity contribution in [1.82, 2.24) is 14.9 Å². The number of halogens is 1. The SMILES string of the molecule is C[C@@H]1CCCC[C@@H]1NC(=O)CSc1nc2cc(Cl)ccc2c(=O)n1C[C@@H](C)O. The number of carbonyl (C=O) groups excluding carboxylic acids is 1. The molecule has 1 heterocycles. The van der Waals surface area contributed by atoms with Gasteiger partial charge in [-0.2, -0.15) is 0 Å². The molecule has 1 saturated carbocycles. The van der Waals surface area contributed by atoms with Crippen LogP contribution in [0.25, 0.3) is 10.9 Å². The zero-order chi connectivity index (χ0) is 20.3. The highest BCUT2D eigenvalue weighted by Crippen LogP contribution is 2.24. The fourth-order valence-corrected chi connectivity index (χ4v) is 4.60. The summed E-state index contributed by atoms with van der Waals surface area (Å²) in [6, 6.07) is 5.13. The molecule has 1 fully saturated rings. The van der Waals surface area contributed by atoms with Crippen molar-refractivity contribution >= 4 is 40.2 Å². The Balaban J connectivity index is 1.80. The monoisotopic (exact) mass is 423 g/mol. The van der Waals surface area contributed by atoms with Crippen molar-refractivity contribution in [3.8, 4) is 0 Å². The lowest BCUT2D eigenvalue weighted by molar-refractivity contribution is -0.119. The number of aromatic nitrogens is 2. The molecule has 1 aliphatic carbocycles. The van der Waals surface area contributed by atoms with Gasteiger partial charge in [-0.15, -0.1) is 0 Å². The van der Waals surface area contributed by atoms with Gasteiger partial charge in [-0.3, -0.25) is 14.2 Å². The average molecular weight is 424 g/mol. The second-order valence-electron chi connectivity index (χ2n) is 7.55. The Kier molecular flexibility index (Phi) is 7.01. The average Bonchev–Trinajstić information content (AvgIpc) is 2.64. The zero-order valence-electron chi connectivity index (χ0n) is 16.2. The molecule has 8 heteroatoms. The van der Waals surface area contributed by atoms with Crippen molar-refractivity contribution in [2.75, 3.05) is 5.75 Å². The zero-order valence-corrected chi connectivity index (χ0v) is 17.7. The van der Waals surface area contributed by atoms with Crippen molar-refractivity contribution in [3.05, 3.63) is 33.6 Å². The number of nitrogens with zero attached hydrogens (tertiary/aromatic N) is 2. The quantitative estimate of drug-likeness (QED) is 0.550. The topological polar surface area (TPSA) is 84.2 Å². The summed E-state index contributed by atoms with van der Waals surface area (Å²) in [4.78, 5) is 29.8. The predicted molar refractivity (Wildman–Crippen MR) is 113 cm³/mol. The van der Waals surface area contributed by atoms with Crippen LogP contribution in [0, 0.1) is 5.92 Å². The first-order valence-corrected chi connectivity index (χ1v) is 11.0. The van der Waals surface area contributed by atoms with Gasteiger partial charge < -0.3 is 10.4 Å². The van der Waals surface area contributed by atoms with E-state index >= 15 is 0 Å². The molecule has 3 atom stereocenters. The Hall–Kier alpha value is -1.57. The molecule has 152 valence electrons. The molecule has 1 amide bonds. The maximum atomic E-state index is 12.9. The highest BCUT2D eigenvalue weighted by molar-refractivity contribution is 7.99. The van der Waals surface area contributed by atoms with Gasteiger partial charge in [0.15, 0.2) is 5.16 Å². The maximum Gasteiger partial charge on any atom is 0.262 e. The van der Waals surface area contributed by atoms with E-state index in [0.29, 0.717) is 27.0 Å². The van der Waals surface area contributed by atoms with Crippen LogP contribution in [0.5, 0.6) is 0 Å². The molecular formula is C20H26ClN3O3S. The number of rotatable bonds is 6. The van der Waals surface area contributed by atoms with Crippen molar-refractivity contribution in [1.29, 1.82) is 0 Å².